The third-order valence-corrected chi connectivity index (χ3v) is 6.42. The number of ketones is 1. The average molecular weight is 494 g/mol. The van der Waals surface area contributed by atoms with E-state index < -0.39 is 0 Å². The van der Waals surface area contributed by atoms with Crippen molar-refractivity contribution in [2.75, 3.05) is 0 Å². The second-order valence-electron chi connectivity index (χ2n) is 8.90. The van der Waals surface area contributed by atoms with E-state index >= 15 is 0 Å². The number of hydrogen-bond acceptors (Lipinski definition) is 6. The van der Waals surface area contributed by atoms with Gasteiger partial charge in [-0.05, 0) is 59.5 Å². The Balaban J connectivity index is 1.49. The number of nitrogens with one attached hydrogen (secondary N) is 1. The Morgan fingerprint density at radius 3 is 2.57 bits per heavy atom. The highest BCUT2D eigenvalue weighted by molar-refractivity contribution is 5.97. The summed E-state index contributed by atoms with van der Waals surface area (Å²) >= 11 is 0. The number of unbranched alkanes of at least 4 members (excludes halogenated alkanes) is 1. The van der Waals surface area contributed by atoms with Crippen LogP contribution in [0.5, 0.6) is 0 Å². The number of hydrogen-bond donors (Lipinski definition) is 1. The fraction of sp³-hybridized carbons (Fsp3) is 0.214. The lowest BCUT2D eigenvalue weighted by Crippen LogP contribution is -2.25. The van der Waals surface area contributed by atoms with Gasteiger partial charge in [0.1, 0.15) is 0 Å². The summed E-state index contributed by atoms with van der Waals surface area (Å²) in [5.74, 6) is 0.498. The number of aromatic amines is 1. The molecule has 0 bridgehead atoms. The number of aromatic nitrogens is 7. The van der Waals surface area contributed by atoms with Crippen molar-refractivity contribution in [3.05, 3.63) is 100 Å². The Morgan fingerprint density at radius 2 is 1.84 bits per heavy atom. The minimum absolute atomic E-state index is 0.0724. The number of imidazole rings is 1. The van der Waals surface area contributed by atoms with Gasteiger partial charge in [-0.15, -0.1) is 5.10 Å². The molecule has 9 heteroatoms. The summed E-state index contributed by atoms with van der Waals surface area (Å²) in [5.41, 5.74) is 5.65. The van der Waals surface area contributed by atoms with E-state index in [4.69, 9.17) is 0 Å². The zero-order chi connectivity index (χ0) is 25.8. The van der Waals surface area contributed by atoms with Crippen molar-refractivity contribution in [3.8, 4) is 28.2 Å². The predicted octanol–water partition coefficient (Wildman–Crippen LogP) is 4.47. The van der Waals surface area contributed by atoms with E-state index in [2.05, 4.69) is 32.5 Å². The Kier molecular flexibility index (Phi) is 6.85. The molecule has 5 aromatic rings. The van der Waals surface area contributed by atoms with E-state index in [0.717, 1.165) is 47.2 Å². The van der Waals surface area contributed by atoms with Gasteiger partial charge in [0, 0.05) is 41.0 Å². The molecule has 0 radical (unpaired) electrons. The number of aryl methyl sites for hydroxylation is 1. The minimum Gasteiger partial charge on any atom is -0.294 e. The SMILES string of the molecule is CCCCc1cn(-c2ccccc2C(C)=O)c(=O)n1Cc1ccc(-c2cnccc2-c2nnn[nH]2)cc1. The van der Waals surface area contributed by atoms with Crippen molar-refractivity contribution in [2.24, 2.45) is 0 Å². The monoisotopic (exact) mass is 493 g/mol. The molecule has 0 aliphatic heterocycles. The Labute approximate surface area is 213 Å². The molecular weight excluding hydrogens is 466 g/mol. The normalized spacial score (nSPS) is 11.1. The van der Waals surface area contributed by atoms with Crippen molar-refractivity contribution >= 4 is 5.78 Å². The van der Waals surface area contributed by atoms with Gasteiger partial charge >= 0.3 is 5.69 Å². The van der Waals surface area contributed by atoms with Crippen LogP contribution in [-0.2, 0) is 13.0 Å². The van der Waals surface area contributed by atoms with Gasteiger partial charge < -0.3 is 0 Å². The third-order valence-electron chi connectivity index (χ3n) is 6.42. The van der Waals surface area contributed by atoms with Gasteiger partial charge in [-0.2, -0.15) is 0 Å². The van der Waals surface area contributed by atoms with Crippen LogP contribution in [0.25, 0.3) is 28.2 Å². The van der Waals surface area contributed by atoms with Crippen molar-refractivity contribution < 1.29 is 4.79 Å². The number of carbonyl (C=O) groups is 1. The molecular formula is C28H27N7O2. The molecule has 3 aromatic heterocycles. The summed E-state index contributed by atoms with van der Waals surface area (Å²) in [7, 11) is 0. The summed E-state index contributed by atoms with van der Waals surface area (Å²) in [6.45, 7) is 4.08. The highest BCUT2D eigenvalue weighted by Gasteiger charge is 2.17. The number of benzene rings is 2. The van der Waals surface area contributed by atoms with Crippen LogP contribution in [0, 0.1) is 0 Å². The highest BCUT2D eigenvalue weighted by Crippen LogP contribution is 2.29. The number of H-pyrrole nitrogens is 1. The van der Waals surface area contributed by atoms with Gasteiger partial charge in [-0.25, -0.2) is 9.89 Å². The summed E-state index contributed by atoms with van der Waals surface area (Å²) < 4.78 is 3.40. The average Bonchev–Trinajstić information content (AvgIpc) is 3.57. The van der Waals surface area contributed by atoms with E-state index in [1.165, 1.54) is 6.92 Å². The third kappa shape index (κ3) is 4.88. The fourth-order valence-corrected chi connectivity index (χ4v) is 4.48. The molecule has 0 saturated carbocycles. The van der Waals surface area contributed by atoms with Crippen LogP contribution < -0.4 is 5.69 Å². The Bertz CT molecular complexity index is 1580. The summed E-state index contributed by atoms with van der Waals surface area (Å²) in [6.07, 6.45) is 8.13. The number of carbonyl (C=O) groups excluding carboxylic acids is 1. The van der Waals surface area contributed by atoms with Gasteiger partial charge in [0.05, 0.1) is 12.2 Å². The topological polar surface area (TPSA) is 111 Å². The van der Waals surface area contributed by atoms with Crippen LogP contribution in [0.3, 0.4) is 0 Å². The number of tetrazole rings is 1. The first kappa shape index (κ1) is 24.1. The molecule has 0 unspecified atom stereocenters. The maximum atomic E-state index is 13.6. The maximum absolute atomic E-state index is 13.6. The summed E-state index contributed by atoms with van der Waals surface area (Å²) in [5, 5.41) is 14.2. The summed E-state index contributed by atoms with van der Waals surface area (Å²) in [4.78, 5) is 30.1. The zero-order valence-corrected chi connectivity index (χ0v) is 20.8. The molecule has 186 valence electrons. The van der Waals surface area contributed by atoms with Crippen LogP contribution in [-0.4, -0.2) is 40.5 Å². The van der Waals surface area contributed by atoms with Gasteiger partial charge in [0.2, 0.25) is 0 Å². The van der Waals surface area contributed by atoms with Crippen LogP contribution in [0.4, 0.5) is 0 Å². The lowest BCUT2D eigenvalue weighted by molar-refractivity contribution is 0.101. The van der Waals surface area contributed by atoms with Gasteiger partial charge in [0.25, 0.3) is 0 Å². The molecule has 5 rings (SSSR count). The lowest BCUT2D eigenvalue weighted by atomic mass is 10.0. The molecule has 9 nitrogen and oxygen atoms in total. The van der Waals surface area contributed by atoms with E-state index in [1.807, 2.05) is 54.7 Å². The number of rotatable bonds is 9. The van der Waals surface area contributed by atoms with Crippen molar-refractivity contribution in [2.45, 2.75) is 39.7 Å². The molecule has 0 fully saturated rings. The highest BCUT2D eigenvalue weighted by atomic mass is 16.2. The number of para-hydroxylation sites is 1. The van der Waals surface area contributed by atoms with Crippen molar-refractivity contribution in [3.63, 3.8) is 0 Å². The quantitative estimate of drug-likeness (QED) is 0.303. The number of Topliss-reactive ketones (excluding diaryl/α,β-unsaturated/α-hetero) is 1. The van der Waals surface area contributed by atoms with Crippen molar-refractivity contribution in [1.29, 1.82) is 0 Å². The first-order chi connectivity index (χ1) is 18.1. The van der Waals surface area contributed by atoms with E-state index in [1.54, 1.807) is 27.6 Å². The lowest BCUT2D eigenvalue weighted by Gasteiger charge is -2.10. The zero-order valence-electron chi connectivity index (χ0n) is 20.8. The molecule has 0 atom stereocenters. The first-order valence-corrected chi connectivity index (χ1v) is 12.3. The first-order valence-electron chi connectivity index (χ1n) is 12.3. The van der Waals surface area contributed by atoms with Gasteiger partial charge in [-0.3, -0.25) is 18.9 Å². The fourth-order valence-electron chi connectivity index (χ4n) is 4.48. The molecule has 0 spiro atoms. The van der Waals surface area contributed by atoms with E-state index in [0.29, 0.717) is 23.6 Å². The van der Waals surface area contributed by atoms with E-state index in [-0.39, 0.29) is 11.5 Å². The Hall–Kier alpha value is -4.66. The summed E-state index contributed by atoms with van der Waals surface area (Å²) in [6, 6.07) is 17.2. The molecule has 0 amide bonds. The van der Waals surface area contributed by atoms with Crippen molar-refractivity contribution in [1.82, 2.24) is 34.7 Å². The number of nitrogens with zero attached hydrogens (tertiary/aromatic N) is 6. The molecule has 0 saturated heterocycles. The molecule has 2 aromatic carbocycles. The molecule has 0 aliphatic rings. The van der Waals surface area contributed by atoms with E-state index in [9.17, 15) is 9.59 Å². The van der Waals surface area contributed by atoms with Crippen LogP contribution in [0.2, 0.25) is 0 Å². The number of pyridine rings is 1. The molecule has 3 heterocycles. The molecule has 37 heavy (non-hydrogen) atoms. The minimum atomic E-state index is -0.156. The molecule has 0 aliphatic carbocycles. The van der Waals surface area contributed by atoms with Crippen LogP contribution in [0.15, 0.2) is 78.0 Å². The molecule has 1 N–H and O–H groups in total. The second kappa shape index (κ2) is 10.5. The maximum Gasteiger partial charge on any atom is 0.333 e. The smallest absolute Gasteiger partial charge is 0.294 e. The standard InChI is InChI=1S/C28H27N7O2/c1-3-4-7-22-18-35(26-9-6-5-8-23(26)19(2)36)28(37)34(22)17-20-10-12-21(13-11-20)25-16-29-15-14-24(25)27-30-32-33-31-27/h5-6,8-16,18H,3-4,7,17H2,1-2H3,(H,30,31,32,33). The van der Waals surface area contributed by atoms with Gasteiger partial charge in [-0.1, -0.05) is 49.7 Å². The largest absolute Gasteiger partial charge is 0.333 e. The predicted molar refractivity (Wildman–Crippen MR) is 141 cm³/mol. The van der Waals surface area contributed by atoms with Gasteiger partial charge in [0.15, 0.2) is 11.6 Å². The Morgan fingerprint density at radius 1 is 1.03 bits per heavy atom. The van der Waals surface area contributed by atoms with Crippen LogP contribution in [0.1, 0.15) is 48.3 Å². The second-order valence-corrected chi connectivity index (χ2v) is 8.90. The van der Waals surface area contributed by atoms with Crippen LogP contribution >= 0.6 is 0 Å².